The predicted molar refractivity (Wildman–Crippen MR) is 75.8 cm³/mol. The highest BCUT2D eigenvalue weighted by Gasteiger charge is 2.09. The van der Waals surface area contributed by atoms with E-state index in [1.54, 1.807) is 12.5 Å². The first-order valence-corrected chi connectivity index (χ1v) is 6.22. The molecule has 0 fully saturated rings. The Balaban J connectivity index is 1.94. The summed E-state index contributed by atoms with van der Waals surface area (Å²) in [4.78, 5) is 12.9. The van der Waals surface area contributed by atoms with Crippen LogP contribution < -0.4 is 5.32 Å². The van der Waals surface area contributed by atoms with Gasteiger partial charge in [-0.3, -0.25) is 4.98 Å². The zero-order valence-electron chi connectivity index (χ0n) is 10.6. The lowest BCUT2D eigenvalue weighted by Gasteiger charge is -2.15. The number of para-hydroxylation sites is 1. The van der Waals surface area contributed by atoms with Crippen LogP contribution in [0.4, 0.5) is 5.82 Å². The van der Waals surface area contributed by atoms with Crippen molar-refractivity contribution in [2.45, 2.75) is 13.0 Å². The average molecular weight is 250 g/mol. The first-order valence-electron chi connectivity index (χ1n) is 6.22. The number of nitrogens with zero attached hydrogens (tertiary/aromatic N) is 3. The largest absolute Gasteiger partial charge is 0.361 e. The lowest BCUT2D eigenvalue weighted by atomic mass is 10.2. The second kappa shape index (κ2) is 5.02. The highest BCUT2D eigenvalue weighted by molar-refractivity contribution is 5.88. The summed E-state index contributed by atoms with van der Waals surface area (Å²) < 4.78 is 0. The fraction of sp³-hybridized carbons (Fsp3) is 0.133. The average Bonchev–Trinajstić information content (AvgIpc) is 2.48. The van der Waals surface area contributed by atoms with E-state index in [4.69, 9.17) is 0 Å². The van der Waals surface area contributed by atoms with Crippen molar-refractivity contribution in [1.29, 1.82) is 0 Å². The molecule has 4 nitrogen and oxygen atoms in total. The molecule has 3 rings (SSSR count). The van der Waals surface area contributed by atoms with Crippen molar-refractivity contribution in [3.05, 3.63) is 60.7 Å². The Morgan fingerprint density at radius 3 is 2.63 bits per heavy atom. The fourth-order valence-corrected chi connectivity index (χ4v) is 2.03. The van der Waals surface area contributed by atoms with Crippen LogP contribution in [0.15, 0.2) is 55.0 Å². The number of anilines is 1. The molecule has 0 spiro atoms. The number of benzene rings is 1. The molecule has 2 aromatic heterocycles. The van der Waals surface area contributed by atoms with Gasteiger partial charge in [0.25, 0.3) is 0 Å². The molecule has 4 heteroatoms. The van der Waals surface area contributed by atoms with Crippen LogP contribution in [0, 0.1) is 0 Å². The van der Waals surface area contributed by atoms with Gasteiger partial charge >= 0.3 is 0 Å². The van der Waals surface area contributed by atoms with Crippen LogP contribution in [-0.2, 0) is 0 Å². The molecule has 94 valence electrons. The number of aromatic nitrogens is 3. The predicted octanol–water partition coefficient (Wildman–Crippen LogP) is 3.20. The molecule has 19 heavy (non-hydrogen) atoms. The van der Waals surface area contributed by atoms with E-state index in [0.717, 1.165) is 22.4 Å². The molecule has 1 aromatic carbocycles. The van der Waals surface area contributed by atoms with Gasteiger partial charge in [0, 0.05) is 11.6 Å². The number of nitrogens with one attached hydrogen (secondary N) is 1. The maximum absolute atomic E-state index is 4.35. The minimum atomic E-state index is 0.0968. The molecule has 0 aliphatic carbocycles. The maximum atomic E-state index is 4.35. The molecule has 2 heterocycles. The molecular weight excluding hydrogens is 236 g/mol. The lowest BCUT2D eigenvalue weighted by molar-refractivity contribution is 0.833. The van der Waals surface area contributed by atoms with Crippen LogP contribution in [0.3, 0.4) is 0 Å². The van der Waals surface area contributed by atoms with E-state index in [2.05, 4.69) is 27.2 Å². The Morgan fingerprint density at radius 2 is 1.79 bits per heavy atom. The Bertz CT molecular complexity index is 677. The van der Waals surface area contributed by atoms with Gasteiger partial charge in [-0.1, -0.05) is 18.2 Å². The molecule has 0 bridgehead atoms. The minimum absolute atomic E-state index is 0.0968. The summed E-state index contributed by atoms with van der Waals surface area (Å²) in [5.41, 5.74) is 1.93. The van der Waals surface area contributed by atoms with Crippen LogP contribution in [-0.4, -0.2) is 15.0 Å². The third-order valence-corrected chi connectivity index (χ3v) is 3.03. The Labute approximate surface area is 111 Å². The molecule has 0 aliphatic rings. The topological polar surface area (TPSA) is 50.7 Å². The summed E-state index contributed by atoms with van der Waals surface area (Å²) >= 11 is 0. The highest BCUT2D eigenvalue weighted by atomic mass is 15.0. The summed E-state index contributed by atoms with van der Waals surface area (Å²) in [5, 5.41) is 4.41. The highest BCUT2D eigenvalue weighted by Crippen LogP contribution is 2.22. The molecular formula is C15H14N4. The van der Waals surface area contributed by atoms with Gasteiger partial charge in [0.2, 0.25) is 0 Å². The van der Waals surface area contributed by atoms with Crippen molar-refractivity contribution in [3.63, 3.8) is 0 Å². The first kappa shape index (κ1) is 11.6. The quantitative estimate of drug-likeness (QED) is 0.775. The smallest absolute Gasteiger partial charge is 0.137 e. The maximum Gasteiger partial charge on any atom is 0.137 e. The molecule has 1 atom stereocenters. The minimum Gasteiger partial charge on any atom is -0.361 e. The van der Waals surface area contributed by atoms with E-state index >= 15 is 0 Å². The van der Waals surface area contributed by atoms with Crippen molar-refractivity contribution in [2.75, 3.05) is 5.32 Å². The number of fused-ring (bicyclic) bond motifs is 1. The van der Waals surface area contributed by atoms with E-state index in [1.807, 2.05) is 42.5 Å². The van der Waals surface area contributed by atoms with Gasteiger partial charge in [0.05, 0.1) is 17.3 Å². The molecule has 0 saturated heterocycles. The van der Waals surface area contributed by atoms with Gasteiger partial charge in [-0.15, -0.1) is 0 Å². The third kappa shape index (κ3) is 2.38. The van der Waals surface area contributed by atoms with Gasteiger partial charge in [-0.2, -0.15) is 0 Å². The van der Waals surface area contributed by atoms with Gasteiger partial charge < -0.3 is 5.32 Å². The number of rotatable bonds is 3. The van der Waals surface area contributed by atoms with Gasteiger partial charge in [-0.25, -0.2) is 9.97 Å². The monoisotopic (exact) mass is 250 g/mol. The Morgan fingerprint density at radius 1 is 0.947 bits per heavy atom. The molecule has 0 aliphatic heterocycles. The summed E-state index contributed by atoms with van der Waals surface area (Å²) in [6.07, 6.45) is 3.38. The molecule has 0 saturated carbocycles. The number of pyridine rings is 1. The number of hydrogen-bond donors (Lipinski definition) is 1. The van der Waals surface area contributed by atoms with Crippen LogP contribution in [0.2, 0.25) is 0 Å². The normalized spacial score (nSPS) is 12.3. The van der Waals surface area contributed by atoms with Crippen LogP contribution in [0.5, 0.6) is 0 Å². The molecule has 0 amide bonds. The van der Waals surface area contributed by atoms with Crippen molar-refractivity contribution < 1.29 is 0 Å². The summed E-state index contributed by atoms with van der Waals surface area (Å²) in [6, 6.07) is 14.0. The SMILES string of the molecule is C[C@@H](Nc1ncnc2ccccc12)c1ccccn1. The first-order chi connectivity index (χ1) is 9.34. The molecule has 0 unspecified atom stereocenters. The van der Waals surface area contributed by atoms with Gasteiger partial charge in [0.15, 0.2) is 0 Å². The number of hydrogen-bond acceptors (Lipinski definition) is 4. The molecule has 1 N–H and O–H groups in total. The second-order valence-corrected chi connectivity index (χ2v) is 4.36. The van der Waals surface area contributed by atoms with Gasteiger partial charge in [-0.05, 0) is 31.2 Å². The third-order valence-electron chi connectivity index (χ3n) is 3.03. The van der Waals surface area contributed by atoms with Gasteiger partial charge in [0.1, 0.15) is 12.1 Å². The van der Waals surface area contributed by atoms with Crippen molar-refractivity contribution in [3.8, 4) is 0 Å². The summed E-state index contributed by atoms with van der Waals surface area (Å²) in [6.45, 7) is 2.07. The zero-order chi connectivity index (χ0) is 13.1. The van der Waals surface area contributed by atoms with Crippen molar-refractivity contribution in [2.24, 2.45) is 0 Å². The van der Waals surface area contributed by atoms with Crippen LogP contribution >= 0.6 is 0 Å². The van der Waals surface area contributed by atoms with Crippen LogP contribution in [0.1, 0.15) is 18.7 Å². The lowest BCUT2D eigenvalue weighted by Crippen LogP contribution is -2.09. The zero-order valence-corrected chi connectivity index (χ0v) is 10.6. The van der Waals surface area contributed by atoms with Crippen molar-refractivity contribution >= 4 is 16.7 Å². The van der Waals surface area contributed by atoms with E-state index in [-0.39, 0.29) is 6.04 Å². The van der Waals surface area contributed by atoms with E-state index < -0.39 is 0 Å². The van der Waals surface area contributed by atoms with E-state index in [1.165, 1.54) is 0 Å². The Kier molecular flexibility index (Phi) is 3.06. The molecule has 3 aromatic rings. The summed E-state index contributed by atoms with van der Waals surface area (Å²) in [5.74, 6) is 0.837. The standard InChI is InChI=1S/C15H14N4/c1-11(13-7-4-5-9-16-13)19-15-12-6-2-3-8-14(12)17-10-18-15/h2-11H,1H3,(H,17,18,19)/t11-/m1/s1. The van der Waals surface area contributed by atoms with E-state index in [0.29, 0.717) is 0 Å². The van der Waals surface area contributed by atoms with Crippen LogP contribution in [0.25, 0.3) is 10.9 Å². The fourth-order valence-electron chi connectivity index (χ4n) is 2.03. The summed E-state index contributed by atoms with van der Waals surface area (Å²) in [7, 11) is 0. The molecule has 0 radical (unpaired) electrons. The Hall–Kier alpha value is -2.49. The second-order valence-electron chi connectivity index (χ2n) is 4.36. The van der Waals surface area contributed by atoms with E-state index in [9.17, 15) is 0 Å². The van der Waals surface area contributed by atoms with Crippen molar-refractivity contribution in [1.82, 2.24) is 15.0 Å².